The van der Waals surface area contributed by atoms with Gasteiger partial charge in [0.25, 0.3) is 0 Å². The maximum atomic E-state index is 5.73. The maximum Gasteiger partial charge on any atom is 0.137 e. The van der Waals surface area contributed by atoms with Crippen LogP contribution in [-0.2, 0) is 6.54 Å². The summed E-state index contributed by atoms with van der Waals surface area (Å²) in [5, 5.41) is 8.11. The fourth-order valence-corrected chi connectivity index (χ4v) is 1.69. The summed E-state index contributed by atoms with van der Waals surface area (Å²) in [6, 6.07) is 0. The summed E-state index contributed by atoms with van der Waals surface area (Å²) < 4.78 is 2.12. The van der Waals surface area contributed by atoms with Crippen molar-refractivity contribution in [1.82, 2.24) is 14.8 Å². The summed E-state index contributed by atoms with van der Waals surface area (Å²) in [5.41, 5.74) is 5.73. The summed E-state index contributed by atoms with van der Waals surface area (Å²) in [5.74, 6) is 1.42. The molecule has 0 aliphatic rings. The highest BCUT2D eigenvalue weighted by Crippen LogP contribution is 2.17. The van der Waals surface area contributed by atoms with Crippen molar-refractivity contribution in [2.24, 2.45) is 5.73 Å². The normalized spacial score (nSPS) is 13.1. The molecule has 1 rings (SSSR count). The molecule has 1 aromatic heterocycles. The summed E-state index contributed by atoms with van der Waals surface area (Å²) in [7, 11) is 0. The Morgan fingerprint density at radius 1 is 1.43 bits per heavy atom. The van der Waals surface area contributed by atoms with Crippen LogP contribution in [-0.4, -0.2) is 21.3 Å². The van der Waals surface area contributed by atoms with Crippen molar-refractivity contribution >= 4 is 0 Å². The lowest BCUT2D eigenvalue weighted by molar-refractivity contribution is 0.536. The zero-order valence-electron chi connectivity index (χ0n) is 9.11. The minimum absolute atomic E-state index is 0.369. The first kappa shape index (κ1) is 11.2. The molecule has 4 heteroatoms. The van der Waals surface area contributed by atoms with Gasteiger partial charge in [0.2, 0.25) is 0 Å². The molecule has 0 saturated heterocycles. The number of aryl methyl sites for hydroxylation is 1. The molecule has 1 aromatic rings. The standard InChI is InChI=1S/C10H20N4/c1-3-5-9(7-11)10-13-12-8-14(10)6-4-2/h8-9H,3-7,11H2,1-2H3. The van der Waals surface area contributed by atoms with Crippen molar-refractivity contribution < 1.29 is 0 Å². The van der Waals surface area contributed by atoms with E-state index in [0.717, 1.165) is 31.6 Å². The van der Waals surface area contributed by atoms with Gasteiger partial charge in [-0.25, -0.2) is 0 Å². The molecule has 0 aliphatic carbocycles. The van der Waals surface area contributed by atoms with Crippen LogP contribution in [0.25, 0.3) is 0 Å². The van der Waals surface area contributed by atoms with Gasteiger partial charge >= 0.3 is 0 Å². The molecule has 1 unspecified atom stereocenters. The van der Waals surface area contributed by atoms with Crippen LogP contribution in [0.4, 0.5) is 0 Å². The quantitative estimate of drug-likeness (QED) is 0.750. The molecule has 4 nitrogen and oxygen atoms in total. The number of nitrogens with zero attached hydrogens (tertiary/aromatic N) is 3. The fourth-order valence-electron chi connectivity index (χ4n) is 1.69. The first-order valence-corrected chi connectivity index (χ1v) is 5.41. The molecule has 14 heavy (non-hydrogen) atoms. The molecule has 1 heterocycles. The molecule has 80 valence electrons. The molecular weight excluding hydrogens is 176 g/mol. The topological polar surface area (TPSA) is 56.7 Å². The monoisotopic (exact) mass is 196 g/mol. The summed E-state index contributed by atoms with van der Waals surface area (Å²) in [6.45, 7) is 5.98. The third-order valence-electron chi connectivity index (χ3n) is 2.40. The minimum Gasteiger partial charge on any atom is -0.330 e. The van der Waals surface area contributed by atoms with Crippen molar-refractivity contribution in [2.45, 2.75) is 45.6 Å². The predicted molar refractivity (Wildman–Crippen MR) is 57.0 cm³/mol. The third kappa shape index (κ3) is 2.54. The number of hydrogen-bond donors (Lipinski definition) is 1. The largest absolute Gasteiger partial charge is 0.330 e. The maximum absolute atomic E-state index is 5.73. The van der Waals surface area contributed by atoms with Gasteiger partial charge in [-0.05, 0) is 12.8 Å². The lowest BCUT2D eigenvalue weighted by atomic mass is 10.0. The third-order valence-corrected chi connectivity index (χ3v) is 2.40. The highest BCUT2D eigenvalue weighted by atomic mass is 15.3. The van der Waals surface area contributed by atoms with Gasteiger partial charge in [0.15, 0.2) is 0 Å². The van der Waals surface area contributed by atoms with Crippen LogP contribution >= 0.6 is 0 Å². The Morgan fingerprint density at radius 3 is 2.79 bits per heavy atom. The summed E-state index contributed by atoms with van der Waals surface area (Å²) in [6.07, 6.45) is 5.14. The van der Waals surface area contributed by atoms with Gasteiger partial charge < -0.3 is 10.3 Å². The van der Waals surface area contributed by atoms with E-state index in [4.69, 9.17) is 5.73 Å². The molecular formula is C10H20N4. The van der Waals surface area contributed by atoms with E-state index in [1.54, 1.807) is 6.33 Å². The van der Waals surface area contributed by atoms with Crippen molar-refractivity contribution in [3.63, 3.8) is 0 Å². The van der Waals surface area contributed by atoms with Crippen LogP contribution in [0.3, 0.4) is 0 Å². The molecule has 0 spiro atoms. The Balaban J connectivity index is 2.74. The van der Waals surface area contributed by atoms with Crippen molar-refractivity contribution in [3.05, 3.63) is 12.2 Å². The highest BCUT2D eigenvalue weighted by Gasteiger charge is 2.14. The van der Waals surface area contributed by atoms with Crippen LogP contribution in [0.1, 0.15) is 44.9 Å². The fraction of sp³-hybridized carbons (Fsp3) is 0.800. The van der Waals surface area contributed by atoms with Gasteiger partial charge in [-0.1, -0.05) is 20.3 Å². The molecule has 0 fully saturated rings. The lowest BCUT2D eigenvalue weighted by Gasteiger charge is -2.13. The average molecular weight is 196 g/mol. The van der Waals surface area contributed by atoms with E-state index in [2.05, 4.69) is 28.6 Å². The Kier molecular flexibility index (Phi) is 4.59. The van der Waals surface area contributed by atoms with Crippen LogP contribution in [0.5, 0.6) is 0 Å². The van der Waals surface area contributed by atoms with E-state index in [9.17, 15) is 0 Å². The number of rotatable bonds is 6. The van der Waals surface area contributed by atoms with E-state index in [1.807, 2.05) is 0 Å². The lowest BCUT2D eigenvalue weighted by Crippen LogP contribution is -2.17. The Labute approximate surface area is 85.5 Å². The molecule has 0 bridgehead atoms. The highest BCUT2D eigenvalue weighted by molar-refractivity contribution is 4.96. The predicted octanol–water partition coefficient (Wildman–Crippen LogP) is 1.53. The van der Waals surface area contributed by atoms with E-state index in [1.165, 1.54) is 0 Å². The number of aromatic nitrogens is 3. The van der Waals surface area contributed by atoms with Crippen molar-refractivity contribution in [2.75, 3.05) is 6.54 Å². The van der Waals surface area contributed by atoms with E-state index >= 15 is 0 Å². The Hall–Kier alpha value is -0.900. The van der Waals surface area contributed by atoms with Gasteiger partial charge in [0.05, 0.1) is 0 Å². The first-order valence-electron chi connectivity index (χ1n) is 5.41. The van der Waals surface area contributed by atoms with Crippen LogP contribution in [0.15, 0.2) is 6.33 Å². The smallest absolute Gasteiger partial charge is 0.137 e. The first-order chi connectivity index (χ1) is 6.83. The molecule has 0 aliphatic heterocycles. The molecule has 0 aromatic carbocycles. The molecule has 2 N–H and O–H groups in total. The zero-order valence-corrected chi connectivity index (χ0v) is 9.11. The van der Waals surface area contributed by atoms with Gasteiger partial charge in [0, 0.05) is 19.0 Å². The Bertz CT molecular complexity index is 256. The van der Waals surface area contributed by atoms with Crippen LogP contribution in [0.2, 0.25) is 0 Å². The second-order valence-corrected chi connectivity index (χ2v) is 3.60. The zero-order chi connectivity index (χ0) is 10.4. The Morgan fingerprint density at radius 2 is 2.21 bits per heavy atom. The average Bonchev–Trinajstić information content (AvgIpc) is 2.63. The SMILES string of the molecule is CCCC(CN)c1nncn1CCC. The molecule has 1 atom stereocenters. The van der Waals surface area contributed by atoms with E-state index < -0.39 is 0 Å². The van der Waals surface area contributed by atoms with Crippen molar-refractivity contribution in [3.8, 4) is 0 Å². The second-order valence-electron chi connectivity index (χ2n) is 3.60. The summed E-state index contributed by atoms with van der Waals surface area (Å²) >= 11 is 0. The van der Waals surface area contributed by atoms with E-state index in [0.29, 0.717) is 12.5 Å². The number of hydrogen-bond acceptors (Lipinski definition) is 3. The van der Waals surface area contributed by atoms with E-state index in [-0.39, 0.29) is 0 Å². The second kappa shape index (κ2) is 5.75. The van der Waals surface area contributed by atoms with Gasteiger partial charge in [-0.15, -0.1) is 10.2 Å². The molecule has 0 saturated carbocycles. The van der Waals surface area contributed by atoms with Gasteiger partial charge in [-0.2, -0.15) is 0 Å². The van der Waals surface area contributed by atoms with Crippen LogP contribution < -0.4 is 5.73 Å². The minimum atomic E-state index is 0.369. The van der Waals surface area contributed by atoms with Crippen LogP contribution in [0, 0.1) is 0 Å². The molecule has 0 radical (unpaired) electrons. The number of nitrogens with two attached hydrogens (primary N) is 1. The van der Waals surface area contributed by atoms with Crippen molar-refractivity contribution in [1.29, 1.82) is 0 Å². The van der Waals surface area contributed by atoms with Gasteiger partial charge in [-0.3, -0.25) is 0 Å². The van der Waals surface area contributed by atoms with Gasteiger partial charge in [0.1, 0.15) is 12.2 Å². The summed E-state index contributed by atoms with van der Waals surface area (Å²) in [4.78, 5) is 0. The molecule has 0 amide bonds.